The number of benzene rings is 1. The zero-order chi connectivity index (χ0) is 15.6. The molecular weight excluding hydrogens is 310 g/mol. The number of carbonyl (C=O) groups excluding carboxylic acids is 1. The molecular formula is C14H13NO4S2. The smallest absolute Gasteiger partial charge is 0.329 e. The number of hydrogen-bond donors (Lipinski definition) is 2. The van der Waals surface area contributed by atoms with Crippen molar-refractivity contribution < 1.29 is 19.8 Å². The number of aryl methyl sites for hydroxylation is 1. The van der Waals surface area contributed by atoms with Crippen LogP contribution in [0.3, 0.4) is 0 Å². The summed E-state index contributed by atoms with van der Waals surface area (Å²) in [5.74, 6) is -1.78. The number of carboxylic acid groups (broad SMARTS) is 1. The van der Waals surface area contributed by atoms with Gasteiger partial charge in [-0.05, 0) is 18.6 Å². The first-order chi connectivity index (χ1) is 9.93. The normalized spacial score (nSPS) is 18.4. The first-order valence-corrected chi connectivity index (χ1v) is 7.34. The molecule has 0 unspecified atom stereocenters. The highest BCUT2D eigenvalue weighted by Gasteiger charge is 2.40. The maximum Gasteiger partial charge on any atom is 0.329 e. The summed E-state index contributed by atoms with van der Waals surface area (Å²) in [5, 5.41) is 18.2. The van der Waals surface area contributed by atoms with Crippen molar-refractivity contribution in [2.75, 3.05) is 6.61 Å². The van der Waals surface area contributed by atoms with Gasteiger partial charge in [-0.1, -0.05) is 53.8 Å². The van der Waals surface area contributed by atoms with Crippen molar-refractivity contribution in [2.24, 2.45) is 0 Å². The molecule has 2 N–H and O–H groups in total. The van der Waals surface area contributed by atoms with Crippen LogP contribution in [-0.2, 0) is 9.59 Å². The van der Waals surface area contributed by atoms with E-state index >= 15 is 0 Å². The average Bonchev–Trinajstić information content (AvgIpc) is 2.67. The van der Waals surface area contributed by atoms with E-state index < -0.39 is 24.5 Å². The number of hydrogen-bond acceptors (Lipinski definition) is 5. The van der Waals surface area contributed by atoms with Crippen LogP contribution in [0.2, 0.25) is 0 Å². The fourth-order valence-corrected chi connectivity index (χ4v) is 3.29. The molecule has 1 aliphatic rings. The van der Waals surface area contributed by atoms with E-state index in [0.717, 1.165) is 27.8 Å². The third-order valence-electron chi connectivity index (χ3n) is 2.93. The van der Waals surface area contributed by atoms with E-state index in [0.29, 0.717) is 4.91 Å². The van der Waals surface area contributed by atoms with Gasteiger partial charge in [0.2, 0.25) is 0 Å². The fourth-order valence-electron chi connectivity index (χ4n) is 1.93. The zero-order valence-corrected chi connectivity index (χ0v) is 12.8. The second-order valence-corrected chi connectivity index (χ2v) is 6.18. The Bertz CT molecular complexity index is 642. The molecule has 1 amide bonds. The van der Waals surface area contributed by atoms with Gasteiger partial charge in [-0.15, -0.1) is 0 Å². The molecule has 2 rings (SSSR count). The predicted octanol–water partition coefficient (Wildman–Crippen LogP) is 1.64. The van der Waals surface area contributed by atoms with E-state index in [1.54, 1.807) is 6.08 Å². The molecule has 0 aliphatic carbocycles. The lowest BCUT2D eigenvalue weighted by Crippen LogP contribution is -2.46. The van der Waals surface area contributed by atoms with Crippen LogP contribution in [0.1, 0.15) is 11.1 Å². The maximum absolute atomic E-state index is 12.3. The molecule has 0 bridgehead atoms. The quantitative estimate of drug-likeness (QED) is 0.648. The van der Waals surface area contributed by atoms with Gasteiger partial charge >= 0.3 is 5.97 Å². The molecule has 1 heterocycles. The highest BCUT2D eigenvalue weighted by Crippen LogP contribution is 2.34. The number of amides is 1. The van der Waals surface area contributed by atoms with Crippen LogP contribution in [0.15, 0.2) is 29.2 Å². The SMILES string of the molecule is Cc1cccc(/C=C2\SC(=S)N([C@H](CO)C(=O)O)C2=O)c1. The minimum Gasteiger partial charge on any atom is -0.480 e. The summed E-state index contributed by atoms with van der Waals surface area (Å²) in [6.07, 6.45) is 1.67. The lowest BCUT2D eigenvalue weighted by atomic mass is 10.1. The third-order valence-corrected chi connectivity index (χ3v) is 4.26. The number of aliphatic carboxylic acids is 1. The first-order valence-electron chi connectivity index (χ1n) is 6.11. The Morgan fingerprint density at radius 3 is 2.81 bits per heavy atom. The Hall–Kier alpha value is -1.70. The van der Waals surface area contributed by atoms with Gasteiger partial charge in [0.15, 0.2) is 6.04 Å². The van der Waals surface area contributed by atoms with Crippen molar-refractivity contribution in [3.8, 4) is 0 Å². The molecule has 1 atom stereocenters. The van der Waals surface area contributed by atoms with Crippen molar-refractivity contribution in [1.82, 2.24) is 4.90 Å². The van der Waals surface area contributed by atoms with Crippen molar-refractivity contribution in [2.45, 2.75) is 13.0 Å². The minimum absolute atomic E-state index is 0.139. The van der Waals surface area contributed by atoms with Crippen molar-refractivity contribution in [1.29, 1.82) is 0 Å². The standard InChI is InChI=1S/C14H13NO4S2/c1-8-3-2-4-9(5-8)6-11-12(17)15(14(20)21-11)10(7-16)13(18)19/h2-6,10,16H,7H2,1H3,(H,18,19)/b11-6-/t10-/m1/s1. The van der Waals surface area contributed by atoms with E-state index in [9.17, 15) is 9.59 Å². The number of aliphatic hydroxyl groups is 1. The molecule has 1 aromatic carbocycles. The number of nitrogens with zero attached hydrogens (tertiary/aromatic N) is 1. The van der Waals surface area contributed by atoms with Gasteiger partial charge < -0.3 is 10.2 Å². The number of carboxylic acids is 1. The van der Waals surface area contributed by atoms with Crippen molar-refractivity contribution >= 4 is 46.3 Å². The lowest BCUT2D eigenvalue weighted by Gasteiger charge is -2.20. The molecule has 1 fully saturated rings. The molecule has 1 saturated heterocycles. The Kier molecular flexibility index (Phi) is 4.76. The zero-order valence-electron chi connectivity index (χ0n) is 11.1. The van der Waals surface area contributed by atoms with Crippen LogP contribution in [0.5, 0.6) is 0 Å². The van der Waals surface area contributed by atoms with Crippen LogP contribution in [0.25, 0.3) is 6.08 Å². The van der Waals surface area contributed by atoms with Gasteiger partial charge in [0.05, 0.1) is 11.5 Å². The van der Waals surface area contributed by atoms with E-state index in [-0.39, 0.29) is 4.32 Å². The van der Waals surface area contributed by atoms with Gasteiger partial charge in [-0.25, -0.2) is 4.79 Å². The van der Waals surface area contributed by atoms with Gasteiger partial charge in [-0.2, -0.15) is 0 Å². The van der Waals surface area contributed by atoms with Crippen LogP contribution in [0, 0.1) is 6.92 Å². The second-order valence-electron chi connectivity index (χ2n) is 4.50. The number of rotatable bonds is 4. The number of aliphatic hydroxyl groups excluding tert-OH is 1. The molecule has 0 saturated carbocycles. The largest absolute Gasteiger partial charge is 0.480 e. The van der Waals surface area contributed by atoms with Gasteiger partial charge in [-0.3, -0.25) is 9.69 Å². The summed E-state index contributed by atoms with van der Waals surface area (Å²) in [6.45, 7) is 1.26. The summed E-state index contributed by atoms with van der Waals surface area (Å²) < 4.78 is 0.139. The molecule has 1 aromatic rings. The van der Waals surface area contributed by atoms with Crippen LogP contribution in [-0.4, -0.2) is 44.0 Å². The van der Waals surface area contributed by atoms with Gasteiger partial charge in [0, 0.05) is 0 Å². The number of thiocarbonyl (C=S) groups is 1. The van der Waals surface area contributed by atoms with E-state index in [1.165, 1.54) is 0 Å². The number of carbonyl (C=O) groups is 2. The van der Waals surface area contributed by atoms with E-state index in [2.05, 4.69) is 0 Å². The summed E-state index contributed by atoms with van der Waals surface area (Å²) in [4.78, 5) is 24.7. The topological polar surface area (TPSA) is 77.8 Å². The van der Waals surface area contributed by atoms with Gasteiger partial charge in [0.1, 0.15) is 4.32 Å². The Balaban J connectivity index is 2.31. The van der Waals surface area contributed by atoms with E-state index in [4.69, 9.17) is 22.4 Å². The molecule has 21 heavy (non-hydrogen) atoms. The summed E-state index contributed by atoms with van der Waals surface area (Å²) in [5.41, 5.74) is 1.89. The molecule has 5 nitrogen and oxygen atoms in total. The Labute approximate surface area is 131 Å². The van der Waals surface area contributed by atoms with Gasteiger partial charge in [0.25, 0.3) is 5.91 Å². The van der Waals surface area contributed by atoms with E-state index in [1.807, 2.05) is 31.2 Å². The third kappa shape index (κ3) is 3.31. The molecule has 7 heteroatoms. The molecule has 0 aromatic heterocycles. The maximum atomic E-state index is 12.3. The minimum atomic E-state index is -1.35. The highest BCUT2D eigenvalue weighted by molar-refractivity contribution is 8.26. The summed E-state index contributed by atoms with van der Waals surface area (Å²) in [6, 6.07) is 6.22. The molecule has 0 spiro atoms. The summed E-state index contributed by atoms with van der Waals surface area (Å²) in [7, 11) is 0. The first kappa shape index (κ1) is 15.7. The van der Waals surface area contributed by atoms with Crippen LogP contribution in [0.4, 0.5) is 0 Å². The highest BCUT2D eigenvalue weighted by atomic mass is 32.2. The van der Waals surface area contributed by atoms with Crippen molar-refractivity contribution in [3.63, 3.8) is 0 Å². The Morgan fingerprint density at radius 1 is 1.52 bits per heavy atom. The molecule has 1 aliphatic heterocycles. The monoisotopic (exact) mass is 323 g/mol. The second kappa shape index (κ2) is 6.38. The Morgan fingerprint density at radius 2 is 2.24 bits per heavy atom. The van der Waals surface area contributed by atoms with Crippen molar-refractivity contribution in [3.05, 3.63) is 40.3 Å². The van der Waals surface area contributed by atoms with Crippen LogP contribution < -0.4 is 0 Å². The lowest BCUT2D eigenvalue weighted by molar-refractivity contribution is -0.146. The summed E-state index contributed by atoms with van der Waals surface area (Å²) >= 11 is 6.09. The number of thioether (sulfide) groups is 1. The molecule has 110 valence electrons. The fraction of sp³-hybridized carbons (Fsp3) is 0.214. The average molecular weight is 323 g/mol. The molecule has 0 radical (unpaired) electrons. The predicted molar refractivity (Wildman–Crippen MR) is 84.7 cm³/mol. The van der Waals surface area contributed by atoms with Crippen LogP contribution >= 0.6 is 24.0 Å².